The average Bonchev–Trinajstić information content (AvgIpc) is 2.45. The van der Waals surface area contributed by atoms with Crippen LogP contribution in [0.4, 0.5) is 5.69 Å². The highest BCUT2D eigenvalue weighted by Gasteiger charge is 2.06. The monoisotopic (exact) mass is 280 g/mol. The summed E-state index contributed by atoms with van der Waals surface area (Å²) in [7, 11) is 0. The molecule has 0 atom stereocenters. The molecule has 0 fully saturated rings. The van der Waals surface area contributed by atoms with E-state index in [1.807, 2.05) is 44.2 Å². The molecule has 2 rings (SSSR count). The summed E-state index contributed by atoms with van der Waals surface area (Å²) in [6, 6.07) is 13.8. The van der Waals surface area contributed by atoms with Crippen LogP contribution in [0, 0.1) is 25.2 Å². The minimum absolute atomic E-state index is 0.655. The van der Waals surface area contributed by atoms with Gasteiger partial charge in [0.1, 0.15) is 5.75 Å². The highest BCUT2D eigenvalue weighted by Crippen LogP contribution is 2.24. The summed E-state index contributed by atoms with van der Waals surface area (Å²) in [6.45, 7) is 4.60. The molecule has 3 nitrogen and oxygen atoms in total. The van der Waals surface area contributed by atoms with Crippen molar-refractivity contribution >= 4 is 5.69 Å². The lowest BCUT2D eigenvalue weighted by atomic mass is 10.1. The Bertz CT molecular complexity index is 648. The van der Waals surface area contributed by atoms with E-state index in [-0.39, 0.29) is 0 Å². The number of ether oxygens (including phenoxy) is 1. The van der Waals surface area contributed by atoms with E-state index in [1.54, 1.807) is 0 Å². The Morgan fingerprint density at radius 3 is 2.48 bits per heavy atom. The van der Waals surface area contributed by atoms with Crippen LogP contribution in [0.5, 0.6) is 5.75 Å². The molecule has 21 heavy (non-hydrogen) atoms. The predicted octanol–water partition coefficient (Wildman–Crippen LogP) is 3.77. The van der Waals surface area contributed by atoms with Gasteiger partial charge in [0.25, 0.3) is 0 Å². The molecule has 0 saturated heterocycles. The van der Waals surface area contributed by atoms with Gasteiger partial charge in [-0.05, 0) is 67.6 Å². The maximum absolute atomic E-state index is 8.94. The first-order valence-corrected chi connectivity index (χ1v) is 7.08. The SMILES string of the molecule is Cc1cc(C#N)cc(C)c1OCCCc1cccc(N)c1. The highest BCUT2D eigenvalue weighted by molar-refractivity contribution is 5.47. The zero-order valence-corrected chi connectivity index (χ0v) is 12.5. The third-order valence-electron chi connectivity index (χ3n) is 3.40. The van der Waals surface area contributed by atoms with Crippen molar-refractivity contribution in [1.29, 1.82) is 5.26 Å². The summed E-state index contributed by atoms with van der Waals surface area (Å²) in [4.78, 5) is 0. The molecule has 2 N–H and O–H groups in total. The Morgan fingerprint density at radius 2 is 1.86 bits per heavy atom. The quantitative estimate of drug-likeness (QED) is 0.670. The number of nitrogens with two attached hydrogens (primary N) is 1. The summed E-state index contributed by atoms with van der Waals surface area (Å²) in [6.07, 6.45) is 1.88. The molecule has 0 heterocycles. The number of nitrogen functional groups attached to an aromatic ring is 1. The van der Waals surface area contributed by atoms with E-state index in [2.05, 4.69) is 12.1 Å². The van der Waals surface area contributed by atoms with Gasteiger partial charge in [-0.15, -0.1) is 0 Å². The first-order chi connectivity index (χ1) is 10.1. The van der Waals surface area contributed by atoms with E-state index in [1.165, 1.54) is 5.56 Å². The Kier molecular flexibility index (Phi) is 4.84. The second-order valence-electron chi connectivity index (χ2n) is 5.25. The van der Waals surface area contributed by atoms with Gasteiger partial charge in [-0.25, -0.2) is 0 Å². The lowest BCUT2D eigenvalue weighted by Crippen LogP contribution is -2.03. The Hall–Kier alpha value is -2.47. The second-order valence-corrected chi connectivity index (χ2v) is 5.25. The predicted molar refractivity (Wildman–Crippen MR) is 85.3 cm³/mol. The van der Waals surface area contributed by atoms with Crippen molar-refractivity contribution in [3.05, 3.63) is 58.7 Å². The molecule has 2 aromatic carbocycles. The smallest absolute Gasteiger partial charge is 0.125 e. The van der Waals surface area contributed by atoms with Gasteiger partial charge >= 0.3 is 0 Å². The fourth-order valence-electron chi connectivity index (χ4n) is 2.44. The van der Waals surface area contributed by atoms with Gasteiger partial charge in [0.15, 0.2) is 0 Å². The fourth-order valence-corrected chi connectivity index (χ4v) is 2.44. The summed E-state index contributed by atoms with van der Waals surface area (Å²) >= 11 is 0. The van der Waals surface area contributed by atoms with Crippen LogP contribution in [-0.4, -0.2) is 6.61 Å². The fraction of sp³-hybridized carbons (Fsp3) is 0.278. The molecule has 108 valence electrons. The van der Waals surface area contributed by atoms with Crippen LogP contribution < -0.4 is 10.5 Å². The van der Waals surface area contributed by atoms with Gasteiger partial charge in [0.2, 0.25) is 0 Å². The average molecular weight is 280 g/mol. The molecule has 0 radical (unpaired) electrons. The van der Waals surface area contributed by atoms with Crippen molar-refractivity contribution in [1.82, 2.24) is 0 Å². The normalized spacial score (nSPS) is 10.1. The molecule has 0 spiro atoms. The molecule has 0 saturated carbocycles. The van der Waals surface area contributed by atoms with Gasteiger partial charge in [-0.2, -0.15) is 5.26 Å². The van der Waals surface area contributed by atoms with E-state index >= 15 is 0 Å². The van der Waals surface area contributed by atoms with Gasteiger partial charge in [0.05, 0.1) is 18.2 Å². The van der Waals surface area contributed by atoms with Crippen molar-refractivity contribution < 1.29 is 4.74 Å². The molecular formula is C18H20N2O. The number of nitriles is 1. The van der Waals surface area contributed by atoms with Gasteiger partial charge < -0.3 is 10.5 Å². The zero-order valence-electron chi connectivity index (χ0n) is 12.5. The van der Waals surface area contributed by atoms with Crippen LogP contribution in [0.15, 0.2) is 36.4 Å². The van der Waals surface area contributed by atoms with E-state index in [0.717, 1.165) is 35.4 Å². The number of rotatable bonds is 5. The summed E-state index contributed by atoms with van der Waals surface area (Å²) in [5, 5.41) is 8.94. The van der Waals surface area contributed by atoms with Crippen LogP contribution >= 0.6 is 0 Å². The van der Waals surface area contributed by atoms with Crippen molar-refractivity contribution in [2.75, 3.05) is 12.3 Å². The summed E-state index contributed by atoms with van der Waals surface area (Å²) in [5.74, 6) is 0.890. The summed E-state index contributed by atoms with van der Waals surface area (Å²) < 4.78 is 5.88. The van der Waals surface area contributed by atoms with Crippen molar-refractivity contribution in [3.63, 3.8) is 0 Å². The van der Waals surface area contributed by atoms with Gasteiger partial charge in [0, 0.05) is 5.69 Å². The minimum Gasteiger partial charge on any atom is -0.493 e. The van der Waals surface area contributed by atoms with Crippen LogP contribution in [0.2, 0.25) is 0 Å². The highest BCUT2D eigenvalue weighted by atomic mass is 16.5. The second kappa shape index (κ2) is 6.81. The van der Waals surface area contributed by atoms with Crippen LogP contribution in [0.1, 0.15) is 28.7 Å². The van der Waals surface area contributed by atoms with Crippen LogP contribution in [0.3, 0.4) is 0 Å². The lowest BCUT2D eigenvalue weighted by molar-refractivity contribution is 0.307. The number of nitrogens with zero attached hydrogens (tertiary/aromatic N) is 1. The minimum atomic E-state index is 0.655. The third kappa shape index (κ3) is 4.00. The molecule has 0 bridgehead atoms. The number of anilines is 1. The molecule has 0 amide bonds. The van der Waals surface area contributed by atoms with Crippen molar-refractivity contribution in [2.24, 2.45) is 0 Å². The molecule has 0 aromatic heterocycles. The van der Waals surface area contributed by atoms with Crippen molar-refractivity contribution in [3.8, 4) is 11.8 Å². The summed E-state index contributed by atoms with van der Waals surface area (Å²) in [5.41, 5.74) is 10.5. The topological polar surface area (TPSA) is 59.0 Å². The zero-order chi connectivity index (χ0) is 15.2. The van der Waals surface area contributed by atoms with E-state index < -0.39 is 0 Å². The molecule has 0 aliphatic heterocycles. The standard InChI is InChI=1S/C18H20N2O/c1-13-9-16(12-19)10-14(2)18(13)21-8-4-6-15-5-3-7-17(20)11-15/h3,5,7,9-11H,4,6,8,20H2,1-2H3. The third-order valence-corrected chi connectivity index (χ3v) is 3.40. The van der Waals surface area contributed by atoms with E-state index in [9.17, 15) is 0 Å². The lowest BCUT2D eigenvalue weighted by Gasteiger charge is -2.12. The number of benzene rings is 2. The molecule has 0 unspecified atom stereocenters. The number of hydrogen-bond acceptors (Lipinski definition) is 3. The first kappa shape index (κ1) is 14.9. The Balaban J connectivity index is 1.91. The van der Waals surface area contributed by atoms with Crippen LogP contribution in [0.25, 0.3) is 0 Å². The number of hydrogen-bond donors (Lipinski definition) is 1. The van der Waals surface area contributed by atoms with E-state index in [4.69, 9.17) is 15.7 Å². The first-order valence-electron chi connectivity index (χ1n) is 7.08. The Morgan fingerprint density at radius 1 is 1.14 bits per heavy atom. The maximum Gasteiger partial charge on any atom is 0.125 e. The molecule has 0 aliphatic rings. The number of aryl methyl sites for hydroxylation is 3. The molecular weight excluding hydrogens is 260 g/mol. The Labute approximate surface area is 126 Å². The maximum atomic E-state index is 8.94. The molecule has 2 aromatic rings. The van der Waals surface area contributed by atoms with Crippen LogP contribution in [-0.2, 0) is 6.42 Å². The molecule has 3 heteroatoms. The molecule has 0 aliphatic carbocycles. The largest absolute Gasteiger partial charge is 0.493 e. The van der Waals surface area contributed by atoms with Crippen molar-refractivity contribution in [2.45, 2.75) is 26.7 Å². The van der Waals surface area contributed by atoms with E-state index in [0.29, 0.717) is 12.2 Å². The van der Waals surface area contributed by atoms with Gasteiger partial charge in [-0.3, -0.25) is 0 Å². The van der Waals surface area contributed by atoms with Gasteiger partial charge in [-0.1, -0.05) is 12.1 Å².